The van der Waals surface area contributed by atoms with Gasteiger partial charge >= 0.3 is 0 Å². The summed E-state index contributed by atoms with van der Waals surface area (Å²) in [5.41, 5.74) is 1.54. The first-order valence-corrected chi connectivity index (χ1v) is 8.17. The molecule has 120 valence electrons. The van der Waals surface area contributed by atoms with Crippen molar-refractivity contribution in [1.82, 2.24) is 15.0 Å². The predicted molar refractivity (Wildman–Crippen MR) is 85.3 cm³/mol. The fourth-order valence-electron chi connectivity index (χ4n) is 3.24. The maximum Gasteiger partial charge on any atom is 0.276 e. The van der Waals surface area contributed by atoms with Crippen LogP contribution in [0.25, 0.3) is 0 Å². The van der Waals surface area contributed by atoms with Crippen molar-refractivity contribution in [3.8, 4) is 0 Å². The Morgan fingerprint density at radius 3 is 3.00 bits per heavy atom. The monoisotopic (exact) mass is 312 g/mol. The smallest absolute Gasteiger partial charge is 0.276 e. The SMILES string of the molecule is CNc1cc([C@@H]2CCCN2C(=O)c2cc(C3CC3)on2)ccn1. The number of nitrogens with one attached hydrogen (secondary N) is 1. The lowest BCUT2D eigenvalue weighted by Gasteiger charge is -2.24. The molecule has 1 aliphatic heterocycles. The molecule has 3 heterocycles. The summed E-state index contributed by atoms with van der Waals surface area (Å²) in [6, 6.07) is 5.89. The Morgan fingerprint density at radius 1 is 1.35 bits per heavy atom. The Balaban J connectivity index is 1.57. The molecule has 2 aliphatic rings. The Hall–Kier alpha value is -2.37. The number of amides is 1. The lowest BCUT2D eigenvalue weighted by Crippen LogP contribution is -2.30. The quantitative estimate of drug-likeness (QED) is 0.939. The van der Waals surface area contributed by atoms with Crippen molar-refractivity contribution < 1.29 is 9.32 Å². The van der Waals surface area contributed by atoms with Crippen LogP contribution in [0.2, 0.25) is 0 Å². The molecule has 6 heteroatoms. The van der Waals surface area contributed by atoms with E-state index in [4.69, 9.17) is 4.52 Å². The van der Waals surface area contributed by atoms with Gasteiger partial charge in [0.05, 0.1) is 6.04 Å². The van der Waals surface area contributed by atoms with Crippen molar-refractivity contribution in [3.05, 3.63) is 41.4 Å². The molecular formula is C17H20N4O2. The number of likely N-dealkylation sites (tertiary alicyclic amines) is 1. The Morgan fingerprint density at radius 2 is 2.22 bits per heavy atom. The second-order valence-electron chi connectivity index (χ2n) is 6.27. The normalized spacial score (nSPS) is 20.7. The van der Waals surface area contributed by atoms with Gasteiger partial charge in [0, 0.05) is 31.8 Å². The van der Waals surface area contributed by atoms with Crippen LogP contribution in [0.15, 0.2) is 28.9 Å². The molecule has 23 heavy (non-hydrogen) atoms. The van der Waals surface area contributed by atoms with Crippen LogP contribution in [-0.2, 0) is 0 Å². The molecule has 1 saturated carbocycles. The first-order valence-electron chi connectivity index (χ1n) is 8.17. The number of carbonyl (C=O) groups is 1. The summed E-state index contributed by atoms with van der Waals surface area (Å²) in [7, 11) is 1.85. The fourth-order valence-corrected chi connectivity index (χ4v) is 3.24. The van der Waals surface area contributed by atoms with E-state index in [0.29, 0.717) is 11.6 Å². The molecule has 0 aromatic carbocycles. The van der Waals surface area contributed by atoms with Crippen molar-refractivity contribution in [2.24, 2.45) is 0 Å². The maximum absolute atomic E-state index is 12.8. The highest BCUT2D eigenvalue weighted by atomic mass is 16.5. The summed E-state index contributed by atoms with van der Waals surface area (Å²) in [5, 5.41) is 7.04. The first kappa shape index (κ1) is 14.2. The van der Waals surface area contributed by atoms with E-state index in [1.54, 1.807) is 6.20 Å². The van der Waals surface area contributed by atoms with E-state index in [-0.39, 0.29) is 11.9 Å². The third-order valence-corrected chi connectivity index (χ3v) is 4.67. The average Bonchev–Trinajstić information content (AvgIpc) is 3.14. The molecular weight excluding hydrogens is 292 g/mol. The van der Waals surface area contributed by atoms with Crippen LogP contribution in [0.3, 0.4) is 0 Å². The summed E-state index contributed by atoms with van der Waals surface area (Å²) in [4.78, 5) is 19.0. The molecule has 1 saturated heterocycles. The Labute approximate surface area is 134 Å². The van der Waals surface area contributed by atoms with E-state index in [1.807, 2.05) is 30.1 Å². The topological polar surface area (TPSA) is 71.3 Å². The number of aromatic nitrogens is 2. The zero-order valence-corrected chi connectivity index (χ0v) is 13.2. The number of hydrogen-bond donors (Lipinski definition) is 1. The minimum atomic E-state index is -0.0361. The summed E-state index contributed by atoms with van der Waals surface area (Å²) in [5.74, 6) is 2.10. The lowest BCUT2D eigenvalue weighted by atomic mass is 10.1. The van der Waals surface area contributed by atoms with E-state index in [9.17, 15) is 4.79 Å². The van der Waals surface area contributed by atoms with Gasteiger partial charge in [-0.1, -0.05) is 5.16 Å². The minimum absolute atomic E-state index is 0.0361. The predicted octanol–water partition coefficient (Wildman–Crippen LogP) is 2.97. The highest BCUT2D eigenvalue weighted by Gasteiger charge is 2.34. The molecule has 2 aromatic rings. The number of nitrogens with zero attached hydrogens (tertiary/aromatic N) is 3. The summed E-state index contributed by atoms with van der Waals surface area (Å²) in [6.45, 7) is 0.756. The number of hydrogen-bond acceptors (Lipinski definition) is 5. The molecule has 6 nitrogen and oxygen atoms in total. The van der Waals surface area contributed by atoms with Gasteiger partial charge in [0.1, 0.15) is 11.6 Å². The number of anilines is 1. The third kappa shape index (κ3) is 2.69. The molecule has 1 N–H and O–H groups in total. The molecule has 2 fully saturated rings. The highest BCUT2D eigenvalue weighted by Crippen LogP contribution is 2.40. The van der Waals surface area contributed by atoms with Crippen LogP contribution >= 0.6 is 0 Å². The van der Waals surface area contributed by atoms with Crippen molar-refractivity contribution in [3.63, 3.8) is 0 Å². The molecule has 1 aliphatic carbocycles. The summed E-state index contributed by atoms with van der Waals surface area (Å²) >= 11 is 0. The van der Waals surface area contributed by atoms with Gasteiger partial charge in [-0.2, -0.15) is 0 Å². The van der Waals surface area contributed by atoms with E-state index < -0.39 is 0 Å². The maximum atomic E-state index is 12.8. The van der Waals surface area contributed by atoms with Gasteiger partial charge in [-0.15, -0.1) is 0 Å². The van der Waals surface area contributed by atoms with Crippen molar-refractivity contribution >= 4 is 11.7 Å². The lowest BCUT2D eigenvalue weighted by molar-refractivity contribution is 0.0725. The molecule has 2 aromatic heterocycles. The van der Waals surface area contributed by atoms with Crippen molar-refractivity contribution in [1.29, 1.82) is 0 Å². The highest BCUT2D eigenvalue weighted by molar-refractivity contribution is 5.92. The van der Waals surface area contributed by atoms with E-state index >= 15 is 0 Å². The van der Waals surface area contributed by atoms with Gasteiger partial charge in [0.15, 0.2) is 5.69 Å². The molecule has 0 spiro atoms. The van der Waals surface area contributed by atoms with Gasteiger partial charge in [0.25, 0.3) is 5.91 Å². The Bertz CT molecular complexity index is 723. The zero-order chi connectivity index (χ0) is 15.8. The average molecular weight is 312 g/mol. The molecule has 4 rings (SSSR count). The largest absolute Gasteiger partial charge is 0.373 e. The second kappa shape index (κ2) is 5.68. The van der Waals surface area contributed by atoms with E-state index in [0.717, 1.165) is 49.4 Å². The first-order chi connectivity index (χ1) is 11.3. The molecule has 0 radical (unpaired) electrons. The third-order valence-electron chi connectivity index (χ3n) is 4.67. The van der Waals surface area contributed by atoms with E-state index in [2.05, 4.69) is 15.5 Å². The van der Waals surface area contributed by atoms with Crippen LogP contribution in [0.4, 0.5) is 5.82 Å². The number of pyridine rings is 1. The summed E-state index contributed by atoms with van der Waals surface area (Å²) < 4.78 is 5.33. The molecule has 1 amide bonds. The van der Waals surface area contributed by atoms with Crippen LogP contribution in [0.5, 0.6) is 0 Å². The van der Waals surface area contributed by atoms with Gasteiger partial charge in [0.2, 0.25) is 0 Å². The Kier molecular flexibility index (Phi) is 3.52. The van der Waals surface area contributed by atoms with Crippen LogP contribution in [0, 0.1) is 0 Å². The van der Waals surface area contributed by atoms with Crippen LogP contribution < -0.4 is 5.32 Å². The van der Waals surface area contributed by atoms with Gasteiger partial charge in [-0.05, 0) is 43.4 Å². The fraction of sp³-hybridized carbons (Fsp3) is 0.471. The van der Waals surface area contributed by atoms with Crippen molar-refractivity contribution in [2.75, 3.05) is 18.9 Å². The molecule has 0 unspecified atom stereocenters. The van der Waals surface area contributed by atoms with E-state index in [1.165, 1.54) is 0 Å². The van der Waals surface area contributed by atoms with Crippen LogP contribution in [-0.4, -0.2) is 34.5 Å². The number of rotatable bonds is 4. The second-order valence-corrected chi connectivity index (χ2v) is 6.27. The number of carbonyl (C=O) groups excluding carboxylic acids is 1. The van der Waals surface area contributed by atoms with Crippen molar-refractivity contribution in [2.45, 2.75) is 37.6 Å². The summed E-state index contributed by atoms with van der Waals surface area (Å²) in [6.07, 6.45) is 6.02. The molecule has 1 atom stereocenters. The standard InChI is InChI=1S/C17H20N4O2/c1-18-16-9-12(6-7-19-16)14-3-2-8-21(14)17(22)13-10-15(23-20-13)11-4-5-11/h6-7,9-11,14H,2-5,8H2,1H3,(H,18,19)/t14-/m0/s1. The van der Waals surface area contributed by atoms with Gasteiger partial charge < -0.3 is 14.7 Å². The van der Waals surface area contributed by atoms with Crippen LogP contribution in [0.1, 0.15) is 59.5 Å². The molecule has 0 bridgehead atoms. The van der Waals surface area contributed by atoms with Gasteiger partial charge in [-0.3, -0.25) is 4.79 Å². The zero-order valence-electron chi connectivity index (χ0n) is 13.2. The minimum Gasteiger partial charge on any atom is -0.373 e. The van der Waals surface area contributed by atoms with Gasteiger partial charge in [-0.25, -0.2) is 4.98 Å².